The first-order valence-corrected chi connectivity index (χ1v) is 9.24. The summed E-state index contributed by atoms with van der Waals surface area (Å²) in [6.45, 7) is 5.50. The van der Waals surface area contributed by atoms with E-state index in [9.17, 15) is 14.4 Å². The number of rotatable bonds is 12. The third-order valence-corrected chi connectivity index (χ3v) is 3.76. The van der Waals surface area contributed by atoms with Gasteiger partial charge in [0.15, 0.2) is 0 Å². The van der Waals surface area contributed by atoms with E-state index in [0.717, 1.165) is 11.8 Å². The molecule has 28 heavy (non-hydrogen) atoms. The lowest BCUT2D eigenvalue weighted by Gasteiger charge is -2.22. The Morgan fingerprint density at radius 1 is 1.21 bits per heavy atom. The van der Waals surface area contributed by atoms with E-state index in [1.165, 1.54) is 0 Å². The average molecular weight is 389 g/mol. The van der Waals surface area contributed by atoms with Crippen molar-refractivity contribution < 1.29 is 28.6 Å². The summed E-state index contributed by atoms with van der Waals surface area (Å²) in [5, 5.41) is 2.63. The maximum absolute atomic E-state index is 12.7. The first kappa shape index (κ1) is 23.2. The Balaban J connectivity index is 2.85. The summed E-state index contributed by atoms with van der Waals surface area (Å²) in [6, 6.07) is 8.38. The van der Waals surface area contributed by atoms with E-state index in [4.69, 9.17) is 15.0 Å². The molecule has 1 amide bonds. The van der Waals surface area contributed by atoms with Crippen molar-refractivity contribution in [2.45, 2.75) is 58.3 Å². The number of carbonyl (C=O) groups is 3. The standard InChI is InChI=1S/C20H27N3O5/c1-4-27-18(12-15-8-6-5-7-9-15)19(25)23-17(20(26)28-14(2)3)11-10-16(24)13-22-21/h5-9,13-14,17-18H,4,10-12H2,1-3H3,(H,23,25)/t17-,18-/m0/s1. The molecule has 8 heteroatoms. The van der Waals surface area contributed by atoms with Crippen molar-refractivity contribution in [1.82, 2.24) is 5.32 Å². The van der Waals surface area contributed by atoms with E-state index < -0.39 is 29.8 Å². The first-order chi connectivity index (χ1) is 13.4. The van der Waals surface area contributed by atoms with Crippen molar-refractivity contribution in [2.24, 2.45) is 0 Å². The highest BCUT2D eigenvalue weighted by Crippen LogP contribution is 2.09. The number of carbonyl (C=O) groups excluding carboxylic acids is 3. The summed E-state index contributed by atoms with van der Waals surface area (Å²) in [5.74, 6) is -1.56. The number of benzene rings is 1. The second-order valence-electron chi connectivity index (χ2n) is 6.43. The molecule has 0 aromatic heterocycles. The van der Waals surface area contributed by atoms with Gasteiger partial charge in [-0.15, -0.1) is 0 Å². The lowest BCUT2D eigenvalue weighted by molar-refractivity contribution is -0.153. The van der Waals surface area contributed by atoms with E-state index in [1.54, 1.807) is 20.8 Å². The van der Waals surface area contributed by atoms with Crippen molar-refractivity contribution in [3.8, 4) is 0 Å². The van der Waals surface area contributed by atoms with Gasteiger partial charge in [-0.2, -0.15) is 4.79 Å². The van der Waals surface area contributed by atoms with Gasteiger partial charge in [0.05, 0.1) is 6.10 Å². The number of ether oxygens (including phenoxy) is 2. The number of Topliss-reactive ketones (excluding diaryl/α,β-unsaturated/α-hetero) is 1. The molecule has 0 aliphatic carbocycles. The summed E-state index contributed by atoms with van der Waals surface area (Å²) in [6.07, 6.45) is -0.106. The number of hydrogen-bond donors (Lipinski definition) is 1. The number of ketones is 1. The molecule has 152 valence electrons. The zero-order valence-corrected chi connectivity index (χ0v) is 16.5. The molecule has 0 fully saturated rings. The highest BCUT2D eigenvalue weighted by Gasteiger charge is 2.28. The van der Waals surface area contributed by atoms with E-state index >= 15 is 0 Å². The number of nitrogens with zero attached hydrogens (tertiary/aromatic N) is 2. The minimum Gasteiger partial charge on any atom is -0.461 e. The number of nitrogens with one attached hydrogen (secondary N) is 1. The van der Waals surface area contributed by atoms with Crippen LogP contribution in [0.4, 0.5) is 0 Å². The molecular formula is C20H27N3O5. The van der Waals surface area contributed by atoms with Crippen LogP contribution in [0.1, 0.15) is 39.2 Å². The molecule has 1 rings (SSSR count). The van der Waals surface area contributed by atoms with Crippen LogP contribution in [0.15, 0.2) is 30.3 Å². The largest absolute Gasteiger partial charge is 0.461 e. The van der Waals surface area contributed by atoms with E-state index in [0.29, 0.717) is 13.0 Å². The van der Waals surface area contributed by atoms with Gasteiger partial charge >= 0.3 is 12.2 Å². The molecule has 1 aromatic carbocycles. The molecule has 0 unspecified atom stereocenters. The zero-order chi connectivity index (χ0) is 20.9. The zero-order valence-electron chi connectivity index (χ0n) is 16.5. The van der Waals surface area contributed by atoms with Crippen molar-refractivity contribution in [1.29, 1.82) is 0 Å². The van der Waals surface area contributed by atoms with Crippen LogP contribution in [0.2, 0.25) is 0 Å². The van der Waals surface area contributed by atoms with E-state index in [2.05, 4.69) is 10.1 Å². The first-order valence-electron chi connectivity index (χ1n) is 9.24. The van der Waals surface area contributed by atoms with Gasteiger partial charge < -0.3 is 20.3 Å². The molecule has 0 aliphatic rings. The van der Waals surface area contributed by atoms with Crippen LogP contribution in [0.3, 0.4) is 0 Å². The molecule has 0 saturated heterocycles. The maximum atomic E-state index is 12.7. The van der Waals surface area contributed by atoms with Gasteiger partial charge in [-0.25, -0.2) is 4.79 Å². The SMILES string of the molecule is CCO[C@@H](Cc1ccccc1)C(=O)N[C@@H](CCC(=O)C=[N+]=[N-])C(=O)OC(C)C. The molecule has 0 saturated carbocycles. The summed E-state index contributed by atoms with van der Waals surface area (Å²) < 4.78 is 10.7. The second-order valence-corrected chi connectivity index (χ2v) is 6.43. The van der Waals surface area contributed by atoms with Gasteiger partial charge in [0.2, 0.25) is 11.7 Å². The van der Waals surface area contributed by atoms with Crippen LogP contribution in [0.5, 0.6) is 0 Å². The molecule has 0 spiro atoms. The van der Waals surface area contributed by atoms with Crippen molar-refractivity contribution in [3.63, 3.8) is 0 Å². The van der Waals surface area contributed by atoms with Crippen molar-refractivity contribution in [3.05, 3.63) is 41.4 Å². The van der Waals surface area contributed by atoms with E-state index in [-0.39, 0.29) is 18.9 Å². The van der Waals surface area contributed by atoms with Crippen LogP contribution >= 0.6 is 0 Å². The molecule has 2 atom stereocenters. The predicted octanol–water partition coefficient (Wildman–Crippen LogP) is 1.72. The Bertz CT molecular complexity index is 699. The van der Waals surface area contributed by atoms with E-state index in [1.807, 2.05) is 30.3 Å². The molecule has 0 bridgehead atoms. The van der Waals surface area contributed by atoms with Gasteiger partial charge in [-0.1, -0.05) is 30.3 Å². The molecule has 8 nitrogen and oxygen atoms in total. The van der Waals surface area contributed by atoms with Gasteiger partial charge in [-0.05, 0) is 32.8 Å². The molecule has 1 N–H and O–H groups in total. The van der Waals surface area contributed by atoms with Crippen LogP contribution in [0, 0.1) is 0 Å². The molecule has 0 radical (unpaired) electrons. The summed E-state index contributed by atoms with van der Waals surface area (Å²) in [5.41, 5.74) is 9.34. The fraction of sp³-hybridized carbons (Fsp3) is 0.500. The van der Waals surface area contributed by atoms with Crippen LogP contribution in [0.25, 0.3) is 5.53 Å². The topological polar surface area (TPSA) is 118 Å². The number of amides is 1. The van der Waals surface area contributed by atoms with Crippen LogP contribution in [-0.4, -0.2) is 53.5 Å². The van der Waals surface area contributed by atoms with Gasteiger partial charge in [0.25, 0.3) is 0 Å². The normalized spacial score (nSPS) is 12.6. The predicted molar refractivity (Wildman–Crippen MR) is 103 cm³/mol. The van der Waals surface area contributed by atoms with Crippen molar-refractivity contribution in [2.75, 3.05) is 6.61 Å². The van der Waals surface area contributed by atoms with Gasteiger partial charge in [0.1, 0.15) is 12.1 Å². The molecular weight excluding hydrogens is 362 g/mol. The van der Waals surface area contributed by atoms with Crippen LogP contribution < -0.4 is 5.32 Å². The summed E-state index contributed by atoms with van der Waals surface area (Å²) in [4.78, 5) is 39.3. The van der Waals surface area contributed by atoms with Crippen molar-refractivity contribution >= 4 is 23.9 Å². The highest BCUT2D eigenvalue weighted by molar-refractivity contribution is 6.25. The van der Waals surface area contributed by atoms with Gasteiger partial charge in [-0.3, -0.25) is 9.59 Å². The number of hydrogen-bond acceptors (Lipinski definition) is 5. The third-order valence-electron chi connectivity index (χ3n) is 3.76. The smallest absolute Gasteiger partial charge is 0.328 e. The highest BCUT2D eigenvalue weighted by atomic mass is 16.5. The Morgan fingerprint density at radius 2 is 1.89 bits per heavy atom. The monoisotopic (exact) mass is 389 g/mol. The van der Waals surface area contributed by atoms with Gasteiger partial charge in [0, 0.05) is 19.4 Å². The Labute approximate surface area is 164 Å². The lowest BCUT2D eigenvalue weighted by Crippen LogP contribution is -2.48. The number of esters is 1. The Morgan fingerprint density at radius 3 is 2.46 bits per heavy atom. The third kappa shape index (κ3) is 8.70. The lowest BCUT2D eigenvalue weighted by atomic mass is 10.1. The molecule has 0 heterocycles. The molecule has 0 aliphatic heterocycles. The minimum absolute atomic E-state index is 0.0202. The average Bonchev–Trinajstić information content (AvgIpc) is 2.65. The van der Waals surface area contributed by atoms with Crippen LogP contribution in [-0.2, 0) is 30.3 Å². The maximum Gasteiger partial charge on any atom is 0.328 e. The Kier molecular flexibility index (Phi) is 10.4. The molecule has 1 aromatic rings. The quantitative estimate of drug-likeness (QED) is 0.253. The second kappa shape index (κ2) is 12.5. The minimum atomic E-state index is -1.01. The fourth-order valence-corrected chi connectivity index (χ4v) is 2.50. The summed E-state index contributed by atoms with van der Waals surface area (Å²) >= 11 is 0. The summed E-state index contributed by atoms with van der Waals surface area (Å²) in [7, 11) is 0. The Hall–Kier alpha value is -2.83. The fourth-order valence-electron chi connectivity index (χ4n) is 2.50.